The summed E-state index contributed by atoms with van der Waals surface area (Å²) in [7, 11) is 0. The van der Waals surface area contributed by atoms with E-state index in [-0.39, 0.29) is 23.3 Å². The Morgan fingerprint density at radius 3 is 2.73 bits per heavy atom. The Balaban J connectivity index is 2.18. The van der Waals surface area contributed by atoms with Crippen LogP contribution in [0.4, 0.5) is 0 Å². The van der Waals surface area contributed by atoms with Crippen molar-refractivity contribution in [1.82, 2.24) is 14.6 Å². The van der Waals surface area contributed by atoms with Gasteiger partial charge in [0.15, 0.2) is 11.3 Å². The average Bonchev–Trinajstić information content (AvgIpc) is 2.94. The van der Waals surface area contributed by atoms with E-state index in [1.807, 2.05) is 0 Å². The van der Waals surface area contributed by atoms with Crippen LogP contribution in [-0.4, -0.2) is 25.7 Å². The number of carboxylic acid groups (broad SMARTS) is 1. The van der Waals surface area contributed by atoms with Gasteiger partial charge in [0.2, 0.25) is 0 Å². The molecule has 0 aliphatic carbocycles. The van der Waals surface area contributed by atoms with Gasteiger partial charge in [0.05, 0.1) is 15.6 Å². The standard InChI is InChI=1S/C14H9Cl2N3O3/c15-9-2-1-7(6-10(9)16)5-8-12(14(21)22)18-11-3-4-17-19(11)13(8)20/h1-4,6,17H,5H2,(H,21,22). The van der Waals surface area contributed by atoms with Crippen molar-refractivity contribution in [3.8, 4) is 0 Å². The first-order valence-electron chi connectivity index (χ1n) is 6.23. The second-order valence-corrected chi connectivity index (χ2v) is 5.44. The monoisotopic (exact) mass is 337 g/mol. The summed E-state index contributed by atoms with van der Waals surface area (Å²) < 4.78 is 1.19. The van der Waals surface area contributed by atoms with Gasteiger partial charge in [-0.25, -0.2) is 14.3 Å². The highest BCUT2D eigenvalue weighted by molar-refractivity contribution is 6.42. The molecule has 0 saturated heterocycles. The lowest BCUT2D eigenvalue weighted by atomic mass is 10.0. The Morgan fingerprint density at radius 2 is 2.05 bits per heavy atom. The smallest absolute Gasteiger partial charge is 0.355 e. The minimum Gasteiger partial charge on any atom is -0.476 e. The van der Waals surface area contributed by atoms with Crippen LogP contribution in [0.5, 0.6) is 0 Å². The molecule has 0 fully saturated rings. The molecular formula is C14H9Cl2N3O3. The van der Waals surface area contributed by atoms with Crippen molar-refractivity contribution in [2.75, 3.05) is 0 Å². The first kappa shape index (κ1) is 14.6. The van der Waals surface area contributed by atoms with Gasteiger partial charge in [-0.2, -0.15) is 0 Å². The summed E-state index contributed by atoms with van der Waals surface area (Å²) in [5, 5.41) is 12.7. The van der Waals surface area contributed by atoms with Crippen LogP contribution in [0.3, 0.4) is 0 Å². The number of halogens is 2. The molecule has 22 heavy (non-hydrogen) atoms. The van der Waals surface area contributed by atoms with Crippen LogP contribution in [0, 0.1) is 0 Å². The molecule has 0 unspecified atom stereocenters. The van der Waals surface area contributed by atoms with Crippen LogP contribution >= 0.6 is 23.2 Å². The number of fused-ring (bicyclic) bond motifs is 1. The summed E-state index contributed by atoms with van der Waals surface area (Å²) in [6.07, 6.45) is 1.60. The molecule has 0 saturated carbocycles. The highest BCUT2D eigenvalue weighted by Gasteiger charge is 2.19. The third-order valence-electron chi connectivity index (χ3n) is 3.21. The van der Waals surface area contributed by atoms with Crippen LogP contribution in [0.25, 0.3) is 5.65 Å². The van der Waals surface area contributed by atoms with E-state index in [2.05, 4.69) is 10.1 Å². The quantitative estimate of drug-likeness (QED) is 0.768. The average molecular weight is 338 g/mol. The number of carboxylic acids is 1. The highest BCUT2D eigenvalue weighted by Crippen LogP contribution is 2.24. The highest BCUT2D eigenvalue weighted by atomic mass is 35.5. The Kier molecular flexibility index (Phi) is 3.64. The van der Waals surface area contributed by atoms with Gasteiger partial charge in [-0.1, -0.05) is 29.3 Å². The van der Waals surface area contributed by atoms with Crippen LogP contribution in [-0.2, 0) is 6.42 Å². The van der Waals surface area contributed by atoms with Gasteiger partial charge in [-0.3, -0.25) is 9.89 Å². The number of hydrogen-bond acceptors (Lipinski definition) is 3. The third-order valence-corrected chi connectivity index (χ3v) is 3.95. The Bertz CT molecular complexity index is 946. The van der Waals surface area contributed by atoms with Crippen molar-refractivity contribution < 1.29 is 9.90 Å². The summed E-state index contributed by atoms with van der Waals surface area (Å²) in [5.74, 6) is -1.25. The number of hydrogen-bond donors (Lipinski definition) is 2. The molecule has 0 aliphatic rings. The summed E-state index contributed by atoms with van der Waals surface area (Å²) in [6.45, 7) is 0. The van der Waals surface area contributed by atoms with Crippen molar-refractivity contribution in [2.24, 2.45) is 0 Å². The van der Waals surface area contributed by atoms with Crippen LogP contribution in [0.15, 0.2) is 35.3 Å². The fraction of sp³-hybridized carbons (Fsp3) is 0.0714. The van der Waals surface area contributed by atoms with E-state index < -0.39 is 11.5 Å². The van der Waals surface area contributed by atoms with E-state index in [0.29, 0.717) is 15.6 Å². The maximum atomic E-state index is 12.4. The fourth-order valence-electron chi connectivity index (χ4n) is 2.19. The Hall–Kier alpha value is -2.31. The lowest BCUT2D eigenvalue weighted by Gasteiger charge is -2.07. The number of aromatic nitrogens is 3. The van der Waals surface area contributed by atoms with E-state index in [4.69, 9.17) is 23.2 Å². The fourth-order valence-corrected chi connectivity index (χ4v) is 2.51. The largest absolute Gasteiger partial charge is 0.476 e. The molecule has 2 N–H and O–H groups in total. The number of benzene rings is 1. The van der Waals surface area contributed by atoms with Gasteiger partial charge in [0.25, 0.3) is 5.56 Å². The molecule has 3 rings (SSSR count). The predicted octanol–water partition coefficient (Wildman–Crippen LogP) is 2.62. The first-order valence-corrected chi connectivity index (χ1v) is 6.99. The summed E-state index contributed by atoms with van der Waals surface area (Å²) in [5.41, 5.74) is 0.266. The molecule has 0 bridgehead atoms. The van der Waals surface area contributed by atoms with Gasteiger partial charge in [-0.15, -0.1) is 0 Å². The third kappa shape index (κ3) is 2.47. The predicted molar refractivity (Wildman–Crippen MR) is 82.0 cm³/mol. The molecule has 3 aromatic rings. The van der Waals surface area contributed by atoms with E-state index in [0.717, 1.165) is 0 Å². The molecule has 0 radical (unpaired) electrons. The molecule has 6 nitrogen and oxygen atoms in total. The van der Waals surface area contributed by atoms with Crippen molar-refractivity contribution in [1.29, 1.82) is 0 Å². The molecule has 0 amide bonds. The second-order valence-electron chi connectivity index (χ2n) is 4.63. The second kappa shape index (κ2) is 5.47. The van der Waals surface area contributed by atoms with Gasteiger partial charge in [-0.05, 0) is 17.7 Å². The van der Waals surface area contributed by atoms with E-state index in [1.165, 1.54) is 16.8 Å². The zero-order valence-corrected chi connectivity index (χ0v) is 12.5. The van der Waals surface area contributed by atoms with Gasteiger partial charge < -0.3 is 5.11 Å². The Labute approximate surface area is 133 Å². The zero-order chi connectivity index (χ0) is 15.9. The van der Waals surface area contributed by atoms with Gasteiger partial charge >= 0.3 is 5.97 Å². The Morgan fingerprint density at radius 1 is 1.27 bits per heavy atom. The zero-order valence-electron chi connectivity index (χ0n) is 11.0. The van der Waals surface area contributed by atoms with Crippen molar-refractivity contribution in [3.05, 3.63) is 67.7 Å². The van der Waals surface area contributed by atoms with Crippen LogP contribution < -0.4 is 5.56 Å². The molecule has 1 aromatic carbocycles. The maximum Gasteiger partial charge on any atom is 0.355 e. The lowest BCUT2D eigenvalue weighted by Crippen LogP contribution is -2.25. The maximum absolute atomic E-state index is 12.4. The minimum atomic E-state index is -1.25. The van der Waals surface area contributed by atoms with Crippen LogP contribution in [0.1, 0.15) is 21.6 Å². The van der Waals surface area contributed by atoms with E-state index in [1.54, 1.807) is 18.2 Å². The normalized spacial score (nSPS) is 11.0. The van der Waals surface area contributed by atoms with Crippen molar-refractivity contribution in [2.45, 2.75) is 6.42 Å². The molecule has 0 aliphatic heterocycles. The summed E-state index contributed by atoms with van der Waals surface area (Å²) >= 11 is 11.8. The van der Waals surface area contributed by atoms with Gasteiger partial charge in [0, 0.05) is 18.7 Å². The number of rotatable bonds is 3. The summed E-state index contributed by atoms with van der Waals surface area (Å²) in [4.78, 5) is 27.8. The number of aromatic carboxylic acids is 1. The number of H-pyrrole nitrogens is 1. The molecular weight excluding hydrogens is 329 g/mol. The minimum absolute atomic E-state index is 0.0749. The van der Waals surface area contributed by atoms with Gasteiger partial charge in [0.1, 0.15) is 0 Å². The first-order chi connectivity index (χ1) is 10.5. The van der Waals surface area contributed by atoms with Crippen LogP contribution in [0.2, 0.25) is 10.0 Å². The lowest BCUT2D eigenvalue weighted by molar-refractivity contribution is 0.0689. The van der Waals surface area contributed by atoms with E-state index >= 15 is 0 Å². The molecule has 2 aromatic heterocycles. The SMILES string of the molecule is O=C(O)c1nc2cc[nH]n2c(=O)c1Cc1ccc(Cl)c(Cl)c1. The molecule has 112 valence electrons. The molecule has 8 heteroatoms. The molecule has 0 atom stereocenters. The van der Waals surface area contributed by atoms with Crippen molar-refractivity contribution in [3.63, 3.8) is 0 Å². The molecule has 2 heterocycles. The topological polar surface area (TPSA) is 87.5 Å². The number of aromatic amines is 1. The summed E-state index contributed by atoms with van der Waals surface area (Å²) in [6, 6.07) is 6.40. The van der Waals surface area contributed by atoms with Crippen molar-refractivity contribution >= 4 is 34.8 Å². The van der Waals surface area contributed by atoms with E-state index in [9.17, 15) is 14.7 Å². The number of nitrogens with zero attached hydrogens (tertiary/aromatic N) is 2. The molecule has 0 spiro atoms. The number of nitrogens with one attached hydrogen (secondary N) is 1. The number of carbonyl (C=O) groups is 1.